The largest absolute Gasteiger partial charge is 0.325 e. The molecule has 8 heteroatoms. The summed E-state index contributed by atoms with van der Waals surface area (Å²) in [6, 6.07) is 22.6. The van der Waals surface area contributed by atoms with Crippen LogP contribution in [0.5, 0.6) is 0 Å². The van der Waals surface area contributed by atoms with Gasteiger partial charge in [0.25, 0.3) is 5.91 Å². The summed E-state index contributed by atoms with van der Waals surface area (Å²) in [4.78, 5) is 25.0. The van der Waals surface area contributed by atoms with Gasteiger partial charge >= 0.3 is 0 Å². The first-order valence-electron chi connectivity index (χ1n) is 10.8. The van der Waals surface area contributed by atoms with Crippen LogP contribution in [0.25, 0.3) is 11.4 Å². The van der Waals surface area contributed by atoms with Crippen molar-refractivity contribution in [1.29, 1.82) is 0 Å². The summed E-state index contributed by atoms with van der Waals surface area (Å²) in [5, 5.41) is 15.0. The van der Waals surface area contributed by atoms with Crippen LogP contribution in [-0.4, -0.2) is 32.3 Å². The smallest absolute Gasteiger partial charge is 0.255 e. The lowest BCUT2D eigenvalue weighted by molar-refractivity contribution is -0.113. The van der Waals surface area contributed by atoms with Crippen LogP contribution in [0, 0.1) is 13.8 Å². The van der Waals surface area contributed by atoms with E-state index in [2.05, 4.69) is 20.8 Å². The highest BCUT2D eigenvalue weighted by molar-refractivity contribution is 7.99. The monoisotopic (exact) mass is 471 g/mol. The molecule has 0 atom stereocenters. The van der Waals surface area contributed by atoms with E-state index >= 15 is 0 Å². The van der Waals surface area contributed by atoms with Gasteiger partial charge in [0.2, 0.25) is 5.91 Å². The zero-order chi connectivity index (χ0) is 24.1. The fourth-order valence-electron chi connectivity index (χ4n) is 3.42. The fourth-order valence-corrected chi connectivity index (χ4v) is 4.13. The van der Waals surface area contributed by atoms with Crippen LogP contribution in [-0.2, 0) is 11.8 Å². The average molecular weight is 472 g/mol. The first kappa shape index (κ1) is 23.3. The minimum Gasteiger partial charge on any atom is -0.325 e. The molecule has 3 aromatic carbocycles. The van der Waals surface area contributed by atoms with Crippen LogP contribution in [0.2, 0.25) is 0 Å². The molecule has 172 valence electrons. The van der Waals surface area contributed by atoms with E-state index in [0.717, 1.165) is 22.4 Å². The number of benzene rings is 3. The van der Waals surface area contributed by atoms with Crippen LogP contribution in [0.15, 0.2) is 78.0 Å². The molecule has 1 heterocycles. The Balaban J connectivity index is 1.42. The number of nitrogens with zero attached hydrogens (tertiary/aromatic N) is 3. The summed E-state index contributed by atoms with van der Waals surface area (Å²) in [5.74, 6) is 0.587. The third-order valence-electron chi connectivity index (χ3n) is 5.27. The van der Waals surface area contributed by atoms with E-state index in [-0.39, 0.29) is 17.6 Å². The number of hydrogen-bond donors (Lipinski definition) is 2. The minimum atomic E-state index is -0.163. The van der Waals surface area contributed by atoms with Crippen molar-refractivity contribution < 1.29 is 9.59 Å². The lowest BCUT2D eigenvalue weighted by Gasteiger charge is -2.09. The SMILES string of the molecule is Cc1ccc(NC(=O)CSc2nnc(-c3cccc(NC(=O)c4ccccc4C)c3)n2C)cc1. The number of hydrogen-bond acceptors (Lipinski definition) is 5. The fraction of sp³-hybridized carbons (Fsp3) is 0.154. The molecular weight excluding hydrogens is 446 g/mol. The molecule has 0 aliphatic carbocycles. The van der Waals surface area contributed by atoms with Gasteiger partial charge in [0.15, 0.2) is 11.0 Å². The molecule has 2 amide bonds. The molecule has 0 unspecified atom stereocenters. The number of aryl methyl sites for hydroxylation is 2. The van der Waals surface area contributed by atoms with Gasteiger partial charge in [-0.25, -0.2) is 0 Å². The Bertz CT molecular complexity index is 1330. The Labute approximate surface area is 202 Å². The van der Waals surface area contributed by atoms with Gasteiger partial charge in [-0.05, 0) is 49.7 Å². The Kier molecular flexibility index (Phi) is 7.08. The van der Waals surface area contributed by atoms with E-state index in [0.29, 0.717) is 22.2 Å². The summed E-state index contributed by atoms with van der Waals surface area (Å²) in [7, 11) is 1.86. The van der Waals surface area contributed by atoms with Gasteiger partial charge in [0.1, 0.15) is 0 Å². The van der Waals surface area contributed by atoms with Crippen molar-refractivity contribution in [3.63, 3.8) is 0 Å². The van der Waals surface area contributed by atoms with Gasteiger partial charge in [-0.15, -0.1) is 10.2 Å². The van der Waals surface area contributed by atoms with Crippen molar-refractivity contribution >= 4 is 35.0 Å². The van der Waals surface area contributed by atoms with Gasteiger partial charge in [-0.3, -0.25) is 9.59 Å². The number of nitrogens with one attached hydrogen (secondary N) is 2. The van der Waals surface area contributed by atoms with Crippen molar-refractivity contribution in [3.05, 3.63) is 89.5 Å². The summed E-state index contributed by atoms with van der Waals surface area (Å²) >= 11 is 1.31. The molecule has 0 radical (unpaired) electrons. The highest BCUT2D eigenvalue weighted by atomic mass is 32.2. The molecule has 34 heavy (non-hydrogen) atoms. The minimum absolute atomic E-state index is 0.112. The van der Waals surface area contributed by atoms with Crippen molar-refractivity contribution in [2.45, 2.75) is 19.0 Å². The molecule has 0 aliphatic rings. The third-order valence-corrected chi connectivity index (χ3v) is 6.29. The molecule has 0 saturated carbocycles. The number of thioether (sulfide) groups is 1. The highest BCUT2D eigenvalue weighted by Gasteiger charge is 2.15. The number of anilines is 2. The molecule has 7 nitrogen and oxygen atoms in total. The Morgan fingerprint density at radius 2 is 1.65 bits per heavy atom. The number of amides is 2. The second kappa shape index (κ2) is 10.4. The normalized spacial score (nSPS) is 10.7. The first-order chi connectivity index (χ1) is 16.4. The summed E-state index contributed by atoms with van der Waals surface area (Å²) < 4.78 is 1.84. The maximum absolute atomic E-state index is 12.7. The van der Waals surface area contributed by atoms with Crippen molar-refractivity contribution in [3.8, 4) is 11.4 Å². The number of carbonyl (C=O) groups is 2. The molecule has 0 fully saturated rings. The molecule has 0 bridgehead atoms. The molecule has 0 spiro atoms. The lowest BCUT2D eigenvalue weighted by Crippen LogP contribution is -2.14. The molecule has 4 rings (SSSR count). The second-order valence-corrected chi connectivity index (χ2v) is 8.86. The lowest BCUT2D eigenvalue weighted by atomic mass is 10.1. The zero-order valence-corrected chi connectivity index (χ0v) is 20.0. The topological polar surface area (TPSA) is 88.9 Å². The van der Waals surface area contributed by atoms with Crippen molar-refractivity contribution in [2.75, 3.05) is 16.4 Å². The van der Waals surface area contributed by atoms with Crippen LogP contribution in [0.3, 0.4) is 0 Å². The van der Waals surface area contributed by atoms with Gasteiger partial charge in [-0.2, -0.15) is 0 Å². The predicted molar refractivity (Wildman–Crippen MR) is 136 cm³/mol. The first-order valence-corrected chi connectivity index (χ1v) is 11.8. The summed E-state index contributed by atoms with van der Waals surface area (Å²) in [5.41, 5.74) is 4.93. The van der Waals surface area contributed by atoms with Gasteiger partial charge in [-0.1, -0.05) is 59.8 Å². The van der Waals surface area contributed by atoms with Crippen LogP contribution in [0.4, 0.5) is 11.4 Å². The Morgan fingerprint density at radius 1 is 0.882 bits per heavy atom. The molecule has 1 aromatic heterocycles. The quantitative estimate of drug-likeness (QED) is 0.367. The number of rotatable bonds is 7. The Hall–Kier alpha value is -3.91. The van der Waals surface area contributed by atoms with E-state index in [4.69, 9.17) is 0 Å². The summed E-state index contributed by atoms with van der Waals surface area (Å²) in [6.45, 7) is 3.91. The predicted octanol–water partition coefficient (Wildman–Crippen LogP) is 5.08. The van der Waals surface area contributed by atoms with Crippen LogP contribution < -0.4 is 10.6 Å². The van der Waals surface area contributed by atoms with E-state index < -0.39 is 0 Å². The number of carbonyl (C=O) groups excluding carboxylic acids is 2. The molecule has 0 saturated heterocycles. The zero-order valence-electron chi connectivity index (χ0n) is 19.2. The van der Waals surface area contributed by atoms with Crippen LogP contribution in [0.1, 0.15) is 21.5 Å². The van der Waals surface area contributed by atoms with Gasteiger partial charge in [0, 0.05) is 29.5 Å². The second-order valence-electron chi connectivity index (χ2n) is 7.92. The van der Waals surface area contributed by atoms with Crippen molar-refractivity contribution in [2.24, 2.45) is 7.05 Å². The standard InChI is InChI=1S/C26H25N5O2S/c1-17-11-13-20(14-12-17)27-23(32)16-34-26-30-29-24(31(26)3)19-8-6-9-21(15-19)28-25(33)22-10-5-4-7-18(22)2/h4-15H,16H2,1-3H3,(H,27,32)(H,28,33). The summed E-state index contributed by atoms with van der Waals surface area (Å²) in [6.07, 6.45) is 0. The van der Waals surface area contributed by atoms with Crippen LogP contribution >= 0.6 is 11.8 Å². The Morgan fingerprint density at radius 3 is 2.41 bits per heavy atom. The highest BCUT2D eigenvalue weighted by Crippen LogP contribution is 2.25. The molecule has 0 aliphatic heterocycles. The van der Waals surface area contributed by atoms with Gasteiger partial charge < -0.3 is 15.2 Å². The van der Waals surface area contributed by atoms with Gasteiger partial charge in [0.05, 0.1) is 5.75 Å². The van der Waals surface area contributed by atoms with Crippen molar-refractivity contribution in [1.82, 2.24) is 14.8 Å². The van der Waals surface area contributed by atoms with E-state index in [9.17, 15) is 9.59 Å². The molecular formula is C26H25N5O2S. The third kappa shape index (κ3) is 5.52. The maximum Gasteiger partial charge on any atom is 0.255 e. The molecule has 2 N–H and O–H groups in total. The van der Waals surface area contributed by atoms with E-state index in [1.165, 1.54) is 11.8 Å². The average Bonchev–Trinajstić information content (AvgIpc) is 3.20. The van der Waals surface area contributed by atoms with E-state index in [1.54, 1.807) is 6.07 Å². The molecule has 4 aromatic rings. The maximum atomic E-state index is 12.7. The number of aromatic nitrogens is 3. The van der Waals surface area contributed by atoms with E-state index in [1.807, 2.05) is 92.2 Å².